The lowest BCUT2D eigenvalue weighted by Gasteiger charge is -2.11. The Morgan fingerprint density at radius 3 is 2.35 bits per heavy atom. The average Bonchev–Trinajstić information content (AvgIpc) is 2.55. The van der Waals surface area contributed by atoms with Crippen LogP contribution in [0.25, 0.3) is 0 Å². The van der Waals surface area contributed by atoms with Gasteiger partial charge in [0.15, 0.2) is 5.78 Å². The zero-order valence-corrected chi connectivity index (χ0v) is 13.3. The van der Waals surface area contributed by atoms with Gasteiger partial charge in [-0.2, -0.15) is 0 Å². The van der Waals surface area contributed by atoms with E-state index in [1.807, 2.05) is 26.2 Å². The molecule has 0 saturated heterocycles. The van der Waals surface area contributed by atoms with Crippen LogP contribution in [0.15, 0.2) is 61.2 Å². The Bertz CT molecular complexity index is 718. The molecule has 4 nitrogen and oxygen atoms in total. The van der Waals surface area contributed by atoms with E-state index >= 15 is 0 Å². The fourth-order valence-electron chi connectivity index (χ4n) is 2.18. The van der Waals surface area contributed by atoms with Crippen LogP contribution in [-0.2, 0) is 11.3 Å². The first-order chi connectivity index (χ1) is 11.0. The van der Waals surface area contributed by atoms with Gasteiger partial charge in [-0.25, -0.2) is 4.79 Å². The largest absolute Gasteiger partial charge is 0.423 e. The van der Waals surface area contributed by atoms with Crippen LogP contribution in [0.5, 0.6) is 5.75 Å². The summed E-state index contributed by atoms with van der Waals surface area (Å²) in [5.41, 5.74) is 2.02. The summed E-state index contributed by atoms with van der Waals surface area (Å²) in [5, 5.41) is 0. The van der Waals surface area contributed by atoms with Crippen LogP contribution in [0.4, 0.5) is 0 Å². The number of para-hydroxylation sites is 1. The molecule has 0 spiro atoms. The van der Waals surface area contributed by atoms with Gasteiger partial charge in [0.1, 0.15) is 5.75 Å². The maximum absolute atomic E-state index is 12.6. The van der Waals surface area contributed by atoms with Gasteiger partial charge in [-0.05, 0) is 31.8 Å². The molecule has 2 aromatic carbocycles. The molecule has 0 unspecified atom stereocenters. The molecule has 0 heterocycles. The average molecular weight is 309 g/mol. The fraction of sp³-hybridized carbons (Fsp3) is 0.158. The smallest absolute Gasteiger partial charge is 0.335 e. The van der Waals surface area contributed by atoms with Gasteiger partial charge >= 0.3 is 5.97 Å². The van der Waals surface area contributed by atoms with E-state index in [4.69, 9.17) is 4.74 Å². The van der Waals surface area contributed by atoms with E-state index in [1.165, 1.54) is 0 Å². The van der Waals surface area contributed by atoms with Crippen molar-refractivity contribution in [2.75, 3.05) is 14.1 Å². The third-order valence-corrected chi connectivity index (χ3v) is 3.22. The first-order valence-electron chi connectivity index (χ1n) is 7.23. The topological polar surface area (TPSA) is 46.6 Å². The molecule has 0 aliphatic rings. The molecule has 2 aromatic rings. The Hall–Kier alpha value is -2.72. The Balaban J connectivity index is 2.26. The zero-order valence-electron chi connectivity index (χ0n) is 13.3. The predicted molar refractivity (Wildman–Crippen MR) is 89.5 cm³/mol. The lowest BCUT2D eigenvalue weighted by Crippen LogP contribution is -2.11. The maximum atomic E-state index is 12.6. The summed E-state index contributed by atoms with van der Waals surface area (Å²) in [6.07, 6.45) is 1.07. The van der Waals surface area contributed by atoms with Crippen LogP contribution >= 0.6 is 0 Å². The van der Waals surface area contributed by atoms with Crippen molar-refractivity contribution in [1.82, 2.24) is 4.90 Å². The highest BCUT2D eigenvalue weighted by Gasteiger charge is 2.15. The van der Waals surface area contributed by atoms with Crippen LogP contribution < -0.4 is 4.74 Å². The lowest BCUT2D eigenvalue weighted by molar-refractivity contribution is -0.128. The van der Waals surface area contributed by atoms with E-state index in [-0.39, 0.29) is 11.5 Å². The summed E-state index contributed by atoms with van der Waals surface area (Å²) in [6.45, 7) is 4.17. The van der Waals surface area contributed by atoms with Crippen molar-refractivity contribution in [3.63, 3.8) is 0 Å². The van der Waals surface area contributed by atoms with E-state index in [2.05, 4.69) is 11.5 Å². The van der Waals surface area contributed by atoms with Crippen molar-refractivity contribution in [2.45, 2.75) is 6.54 Å². The number of carbonyl (C=O) groups excluding carboxylic acids is 2. The minimum absolute atomic E-state index is 0.186. The number of rotatable bonds is 6. The summed E-state index contributed by atoms with van der Waals surface area (Å²) in [4.78, 5) is 26.1. The molecule has 4 heteroatoms. The summed E-state index contributed by atoms with van der Waals surface area (Å²) in [7, 11) is 3.98. The monoisotopic (exact) mass is 309 g/mol. The molecule has 0 atom stereocenters. The highest BCUT2D eigenvalue weighted by Crippen LogP contribution is 2.22. The lowest BCUT2D eigenvalue weighted by atomic mass is 10.0. The minimum atomic E-state index is -0.591. The SMILES string of the molecule is C=CC(=O)Oc1ccccc1C(=O)c1ccc(CN(C)C)cc1. The van der Waals surface area contributed by atoms with Crippen molar-refractivity contribution in [3.8, 4) is 5.75 Å². The molecule has 0 aliphatic carbocycles. The number of benzene rings is 2. The third kappa shape index (κ3) is 4.37. The second-order valence-corrected chi connectivity index (χ2v) is 5.39. The minimum Gasteiger partial charge on any atom is -0.423 e. The van der Waals surface area contributed by atoms with Gasteiger partial charge in [0.25, 0.3) is 0 Å². The molecule has 118 valence electrons. The normalized spacial score (nSPS) is 10.4. The number of ether oxygens (including phenoxy) is 1. The summed E-state index contributed by atoms with van der Waals surface area (Å²) >= 11 is 0. The van der Waals surface area contributed by atoms with Crippen LogP contribution in [0.2, 0.25) is 0 Å². The predicted octanol–water partition coefficient (Wildman–Crippen LogP) is 3.07. The Kier molecular flexibility index (Phi) is 5.44. The summed E-state index contributed by atoms with van der Waals surface area (Å²) < 4.78 is 5.13. The van der Waals surface area contributed by atoms with Gasteiger partial charge in [0, 0.05) is 18.2 Å². The number of carbonyl (C=O) groups is 2. The first kappa shape index (κ1) is 16.6. The van der Waals surface area contributed by atoms with E-state index < -0.39 is 5.97 Å². The molecule has 0 N–H and O–H groups in total. The van der Waals surface area contributed by atoms with E-state index in [9.17, 15) is 9.59 Å². The Labute approximate surface area is 136 Å². The van der Waals surface area contributed by atoms with Crippen LogP contribution in [0.1, 0.15) is 21.5 Å². The highest BCUT2D eigenvalue weighted by molar-refractivity contribution is 6.11. The van der Waals surface area contributed by atoms with E-state index in [0.717, 1.165) is 18.2 Å². The Morgan fingerprint density at radius 2 is 1.74 bits per heavy atom. The number of hydrogen-bond donors (Lipinski definition) is 0. The molecule has 0 saturated carbocycles. The second kappa shape index (κ2) is 7.51. The second-order valence-electron chi connectivity index (χ2n) is 5.39. The van der Waals surface area contributed by atoms with Gasteiger partial charge in [-0.1, -0.05) is 43.0 Å². The molecule has 0 radical (unpaired) electrons. The van der Waals surface area contributed by atoms with Crippen molar-refractivity contribution >= 4 is 11.8 Å². The summed E-state index contributed by atoms with van der Waals surface area (Å²) in [5.74, 6) is -0.541. The fourth-order valence-corrected chi connectivity index (χ4v) is 2.18. The zero-order chi connectivity index (χ0) is 16.8. The number of esters is 1. The molecular weight excluding hydrogens is 290 g/mol. The first-order valence-corrected chi connectivity index (χ1v) is 7.23. The van der Waals surface area contributed by atoms with Gasteiger partial charge in [-0.15, -0.1) is 0 Å². The summed E-state index contributed by atoms with van der Waals surface area (Å²) in [6, 6.07) is 14.1. The van der Waals surface area contributed by atoms with Crippen molar-refractivity contribution in [1.29, 1.82) is 0 Å². The standard InChI is InChI=1S/C19H19NO3/c1-4-18(21)23-17-8-6-5-7-16(17)19(22)15-11-9-14(10-12-15)13-20(2)3/h4-12H,1,13H2,2-3H3. The van der Waals surface area contributed by atoms with Crippen molar-refractivity contribution in [2.24, 2.45) is 0 Å². The van der Waals surface area contributed by atoms with Gasteiger partial charge in [0.2, 0.25) is 0 Å². The van der Waals surface area contributed by atoms with E-state index in [1.54, 1.807) is 36.4 Å². The molecule has 2 rings (SSSR count). The molecule has 0 aliphatic heterocycles. The van der Waals surface area contributed by atoms with Gasteiger partial charge in [0.05, 0.1) is 5.56 Å². The van der Waals surface area contributed by atoms with Crippen LogP contribution in [0, 0.1) is 0 Å². The van der Waals surface area contributed by atoms with Crippen molar-refractivity contribution < 1.29 is 14.3 Å². The Morgan fingerprint density at radius 1 is 1.09 bits per heavy atom. The van der Waals surface area contributed by atoms with Gasteiger partial charge in [-0.3, -0.25) is 4.79 Å². The molecule has 0 bridgehead atoms. The maximum Gasteiger partial charge on any atom is 0.335 e. The molecule has 0 amide bonds. The molecule has 0 fully saturated rings. The molecule has 23 heavy (non-hydrogen) atoms. The van der Waals surface area contributed by atoms with Crippen molar-refractivity contribution in [3.05, 3.63) is 77.9 Å². The number of hydrogen-bond acceptors (Lipinski definition) is 4. The number of ketones is 1. The highest BCUT2D eigenvalue weighted by atomic mass is 16.5. The van der Waals surface area contributed by atoms with E-state index in [0.29, 0.717) is 11.1 Å². The van der Waals surface area contributed by atoms with Gasteiger partial charge < -0.3 is 9.64 Å². The van der Waals surface area contributed by atoms with Crippen LogP contribution in [0.3, 0.4) is 0 Å². The quantitative estimate of drug-likeness (QED) is 0.356. The van der Waals surface area contributed by atoms with Crippen LogP contribution in [-0.4, -0.2) is 30.7 Å². The molecular formula is C19H19NO3. The molecule has 0 aromatic heterocycles. The number of nitrogens with zero attached hydrogens (tertiary/aromatic N) is 1. The third-order valence-electron chi connectivity index (χ3n) is 3.22.